The summed E-state index contributed by atoms with van der Waals surface area (Å²) in [6.07, 6.45) is 4.37. The van der Waals surface area contributed by atoms with Gasteiger partial charge in [-0.3, -0.25) is 0 Å². The monoisotopic (exact) mass is 257 g/mol. The van der Waals surface area contributed by atoms with Crippen LogP contribution in [0.25, 0.3) is 0 Å². The first-order valence-corrected chi connectivity index (χ1v) is 7.26. The fourth-order valence-electron chi connectivity index (χ4n) is 3.08. The third kappa shape index (κ3) is 3.44. The molecule has 3 atom stereocenters. The molecule has 18 heavy (non-hydrogen) atoms. The first kappa shape index (κ1) is 14.3. The van der Waals surface area contributed by atoms with Crippen molar-refractivity contribution in [3.8, 4) is 0 Å². The Balaban J connectivity index is 1.85. The second-order valence-corrected chi connectivity index (χ2v) is 5.56. The van der Waals surface area contributed by atoms with Gasteiger partial charge in [-0.1, -0.05) is 6.92 Å². The first-order chi connectivity index (χ1) is 8.79. The average molecular weight is 257 g/mol. The highest BCUT2D eigenvalue weighted by Crippen LogP contribution is 2.37. The molecule has 0 saturated carbocycles. The third-order valence-corrected chi connectivity index (χ3v) is 4.18. The fraction of sp³-hybridized carbons (Fsp3) is 1.00. The van der Waals surface area contributed by atoms with Crippen molar-refractivity contribution in [3.05, 3.63) is 0 Å². The van der Waals surface area contributed by atoms with Crippen LogP contribution in [0.5, 0.6) is 0 Å². The molecule has 2 heterocycles. The highest BCUT2D eigenvalue weighted by atomic mass is 16.6. The van der Waals surface area contributed by atoms with Gasteiger partial charge < -0.3 is 19.5 Å². The second-order valence-electron chi connectivity index (χ2n) is 5.56. The Kier molecular flexibility index (Phi) is 5.42. The van der Waals surface area contributed by atoms with E-state index in [1.165, 1.54) is 0 Å². The van der Waals surface area contributed by atoms with Crippen molar-refractivity contribution in [2.24, 2.45) is 5.92 Å². The van der Waals surface area contributed by atoms with Crippen molar-refractivity contribution in [2.45, 2.75) is 44.2 Å². The predicted molar refractivity (Wildman–Crippen MR) is 70.8 cm³/mol. The van der Waals surface area contributed by atoms with E-state index < -0.39 is 0 Å². The summed E-state index contributed by atoms with van der Waals surface area (Å²) >= 11 is 0. The van der Waals surface area contributed by atoms with Crippen molar-refractivity contribution < 1.29 is 14.2 Å². The summed E-state index contributed by atoms with van der Waals surface area (Å²) in [6, 6.07) is 0.443. The zero-order valence-electron chi connectivity index (χ0n) is 11.7. The molecule has 0 bridgehead atoms. The van der Waals surface area contributed by atoms with Gasteiger partial charge in [-0.05, 0) is 32.2 Å². The van der Waals surface area contributed by atoms with E-state index in [9.17, 15) is 0 Å². The molecule has 0 radical (unpaired) electrons. The molecule has 106 valence electrons. The van der Waals surface area contributed by atoms with Gasteiger partial charge in [-0.25, -0.2) is 0 Å². The highest BCUT2D eigenvalue weighted by Gasteiger charge is 2.42. The number of hydrogen-bond donors (Lipinski definition) is 1. The Bertz CT molecular complexity index is 241. The van der Waals surface area contributed by atoms with Gasteiger partial charge in [0.1, 0.15) is 0 Å². The van der Waals surface area contributed by atoms with E-state index in [0.717, 1.165) is 58.7 Å². The molecule has 4 heteroatoms. The Morgan fingerprint density at radius 2 is 2.33 bits per heavy atom. The van der Waals surface area contributed by atoms with Gasteiger partial charge in [0.15, 0.2) is 0 Å². The summed E-state index contributed by atoms with van der Waals surface area (Å²) in [5.74, 6) is 0.641. The lowest BCUT2D eigenvalue weighted by Gasteiger charge is -2.40. The Morgan fingerprint density at radius 3 is 3.00 bits per heavy atom. The summed E-state index contributed by atoms with van der Waals surface area (Å²) in [5, 5.41) is 3.42. The van der Waals surface area contributed by atoms with Gasteiger partial charge in [0.25, 0.3) is 0 Å². The molecular formula is C14H27NO3. The molecular weight excluding hydrogens is 230 g/mol. The predicted octanol–water partition coefficient (Wildman–Crippen LogP) is 1.59. The average Bonchev–Trinajstić information content (AvgIpc) is 2.83. The summed E-state index contributed by atoms with van der Waals surface area (Å²) in [5.41, 5.74) is 0.00275. The molecule has 2 rings (SSSR count). The second kappa shape index (κ2) is 6.85. The van der Waals surface area contributed by atoms with E-state index in [-0.39, 0.29) is 5.60 Å². The smallest absolute Gasteiger partial charge is 0.0939 e. The molecule has 2 saturated heterocycles. The van der Waals surface area contributed by atoms with Crippen molar-refractivity contribution in [2.75, 3.05) is 40.1 Å². The van der Waals surface area contributed by atoms with Crippen LogP contribution >= 0.6 is 0 Å². The zero-order valence-corrected chi connectivity index (χ0v) is 11.7. The van der Waals surface area contributed by atoms with E-state index in [0.29, 0.717) is 12.0 Å². The molecule has 3 unspecified atom stereocenters. The van der Waals surface area contributed by atoms with Crippen molar-refractivity contribution >= 4 is 0 Å². The quantitative estimate of drug-likeness (QED) is 0.734. The van der Waals surface area contributed by atoms with E-state index >= 15 is 0 Å². The third-order valence-electron chi connectivity index (χ3n) is 4.18. The van der Waals surface area contributed by atoms with Crippen LogP contribution in [0.2, 0.25) is 0 Å². The fourth-order valence-corrected chi connectivity index (χ4v) is 3.08. The minimum atomic E-state index is 0.00275. The molecule has 0 aromatic heterocycles. The van der Waals surface area contributed by atoms with Crippen LogP contribution in [0.3, 0.4) is 0 Å². The topological polar surface area (TPSA) is 39.7 Å². The zero-order chi connectivity index (χ0) is 12.8. The largest absolute Gasteiger partial charge is 0.380 e. The lowest BCUT2D eigenvalue weighted by molar-refractivity contribution is -0.106. The van der Waals surface area contributed by atoms with Gasteiger partial charge in [0.05, 0.1) is 18.8 Å². The van der Waals surface area contributed by atoms with Gasteiger partial charge in [0, 0.05) is 32.3 Å². The standard InChI is InChI=1S/C14H27NO3/c1-3-6-16-10-13(15-2)12-4-7-18-14(9-12)5-8-17-11-14/h12-13,15H,3-11H2,1-2H3. The van der Waals surface area contributed by atoms with Crippen molar-refractivity contribution in [3.63, 3.8) is 0 Å². The molecule has 2 fully saturated rings. The highest BCUT2D eigenvalue weighted by molar-refractivity contribution is 4.93. The van der Waals surface area contributed by atoms with Gasteiger partial charge in [-0.15, -0.1) is 0 Å². The first-order valence-electron chi connectivity index (χ1n) is 7.26. The van der Waals surface area contributed by atoms with Crippen LogP contribution in [-0.4, -0.2) is 51.7 Å². The van der Waals surface area contributed by atoms with Gasteiger partial charge in [-0.2, -0.15) is 0 Å². The van der Waals surface area contributed by atoms with Gasteiger partial charge in [0.2, 0.25) is 0 Å². The summed E-state index contributed by atoms with van der Waals surface area (Å²) in [4.78, 5) is 0. The summed E-state index contributed by atoms with van der Waals surface area (Å²) in [6.45, 7) is 6.30. The van der Waals surface area contributed by atoms with Crippen molar-refractivity contribution in [1.29, 1.82) is 0 Å². The number of nitrogens with one attached hydrogen (secondary N) is 1. The molecule has 1 N–H and O–H groups in total. The maximum atomic E-state index is 5.98. The summed E-state index contributed by atoms with van der Waals surface area (Å²) in [7, 11) is 2.03. The normalized spacial score (nSPS) is 34.0. The Morgan fingerprint density at radius 1 is 1.44 bits per heavy atom. The molecule has 2 aliphatic heterocycles. The van der Waals surface area contributed by atoms with Crippen LogP contribution in [0.4, 0.5) is 0 Å². The van der Waals surface area contributed by atoms with E-state index in [4.69, 9.17) is 14.2 Å². The number of likely N-dealkylation sites (N-methyl/N-ethyl adjacent to an activating group) is 1. The molecule has 1 spiro atoms. The number of rotatable bonds is 6. The molecule has 0 aliphatic carbocycles. The van der Waals surface area contributed by atoms with Crippen molar-refractivity contribution in [1.82, 2.24) is 5.32 Å². The van der Waals surface area contributed by atoms with E-state index in [2.05, 4.69) is 12.2 Å². The van der Waals surface area contributed by atoms with Crippen LogP contribution in [-0.2, 0) is 14.2 Å². The lowest BCUT2D eigenvalue weighted by Crippen LogP contribution is -2.48. The molecule has 0 aromatic rings. The molecule has 2 aliphatic rings. The maximum absolute atomic E-state index is 5.98. The Hall–Kier alpha value is -0.160. The minimum Gasteiger partial charge on any atom is -0.380 e. The molecule has 4 nitrogen and oxygen atoms in total. The number of hydrogen-bond acceptors (Lipinski definition) is 4. The van der Waals surface area contributed by atoms with E-state index in [1.807, 2.05) is 7.05 Å². The van der Waals surface area contributed by atoms with E-state index in [1.54, 1.807) is 0 Å². The van der Waals surface area contributed by atoms with Crippen LogP contribution in [0.1, 0.15) is 32.6 Å². The maximum Gasteiger partial charge on any atom is 0.0939 e. The number of ether oxygens (including phenoxy) is 3. The SMILES string of the molecule is CCCOCC(NC)C1CCOC2(CCOC2)C1. The lowest BCUT2D eigenvalue weighted by atomic mass is 9.81. The van der Waals surface area contributed by atoms with Crippen LogP contribution in [0.15, 0.2) is 0 Å². The summed E-state index contributed by atoms with van der Waals surface area (Å²) < 4.78 is 17.2. The molecule has 0 amide bonds. The Labute approximate surface area is 110 Å². The van der Waals surface area contributed by atoms with Crippen LogP contribution < -0.4 is 5.32 Å². The van der Waals surface area contributed by atoms with Gasteiger partial charge >= 0.3 is 0 Å². The van der Waals surface area contributed by atoms with Crippen LogP contribution in [0, 0.1) is 5.92 Å². The minimum absolute atomic E-state index is 0.00275. The molecule has 0 aromatic carbocycles.